The van der Waals surface area contributed by atoms with Crippen molar-refractivity contribution in [2.75, 3.05) is 157 Å². The van der Waals surface area contributed by atoms with E-state index in [9.17, 15) is 63.0 Å². The molecule has 1 aliphatic heterocycles. The van der Waals surface area contributed by atoms with Gasteiger partial charge in [-0.15, -0.1) is 0 Å². The first kappa shape index (κ1) is 87.5. The fourth-order valence-corrected chi connectivity index (χ4v) is 8.84. The minimum absolute atomic E-state index is 0.00337. The number of nitrogens with one attached hydrogen (secondary N) is 8. The lowest BCUT2D eigenvalue weighted by molar-refractivity contribution is -0.141. The summed E-state index contributed by atoms with van der Waals surface area (Å²) < 4.78 is 59.9. The van der Waals surface area contributed by atoms with E-state index in [0.717, 1.165) is 29.9 Å². The van der Waals surface area contributed by atoms with Crippen LogP contribution in [0.15, 0.2) is 30.4 Å². The first-order valence-electron chi connectivity index (χ1n) is 33.7. The number of aromatic hydroxyl groups is 1. The van der Waals surface area contributed by atoms with Crippen LogP contribution < -0.4 is 42.5 Å². The molecule has 0 aromatic heterocycles. The number of carbonyl (C=O) groups is 11. The number of hydrogen-bond acceptors (Lipinski definition) is 23. The molecule has 99 heavy (non-hydrogen) atoms. The molecule has 1 heterocycles. The van der Waals surface area contributed by atoms with Gasteiger partial charge in [-0.1, -0.05) is 40.2 Å². The lowest BCUT2D eigenvalue weighted by Crippen LogP contribution is -2.58. The van der Waals surface area contributed by atoms with Crippen molar-refractivity contribution in [3.05, 3.63) is 35.9 Å². The van der Waals surface area contributed by atoms with E-state index in [1.165, 1.54) is 26.0 Å². The number of carboxylic acid groups (broad SMARTS) is 1. The smallest absolute Gasteiger partial charge is 0.411 e. The van der Waals surface area contributed by atoms with Gasteiger partial charge in [0.25, 0.3) is 11.8 Å². The fourth-order valence-electron chi connectivity index (χ4n) is 8.84. The maximum atomic E-state index is 13.7. The summed E-state index contributed by atoms with van der Waals surface area (Å²) in [4.78, 5) is 139. The van der Waals surface area contributed by atoms with Crippen molar-refractivity contribution in [1.82, 2.24) is 42.1 Å². The van der Waals surface area contributed by atoms with Crippen molar-refractivity contribution in [3.8, 4) is 5.75 Å². The van der Waals surface area contributed by atoms with E-state index >= 15 is 0 Å². The molecule has 0 radical (unpaired) electrons. The molecule has 33 heteroatoms. The number of rotatable bonds is 57. The third kappa shape index (κ3) is 43.5. The summed E-state index contributed by atoms with van der Waals surface area (Å²) in [6, 6.07) is 0.600. The summed E-state index contributed by atoms with van der Waals surface area (Å²) in [5.41, 5.74) is -0.0856. The number of benzene rings is 1. The number of unbranched alkanes of at least 4 members (excludes halogenated alkanes) is 2. The largest absolute Gasteiger partial charge is 0.506 e. The Morgan fingerprint density at radius 2 is 1.07 bits per heavy atom. The first-order valence-corrected chi connectivity index (χ1v) is 33.7. The number of amides is 10. The summed E-state index contributed by atoms with van der Waals surface area (Å²) >= 11 is 0. The number of nitrogens with zero attached hydrogens (tertiary/aromatic N) is 1. The Bertz CT molecular complexity index is 2610. The molecule has 33 nitrogen and oxygen atoms in total. The zero-order valence-electron chi connectivity index (χ0n) is 58.8. The number of anilines is 1. The molecule has 0 fully saturated rings. The van der Waals surface area contributed by atoms with Crippen LogP contribution in [0.5, 0.6) is 5.75 Å². The van der Waals surface area contributed by atoms with Crippen LogP contribution in [-0.4, -0.2) is 262 Å². The van der Waals surface area contributed by atoms with Gasteiger partial charge in [0.05, 0.1) is 130 Å². The third-order valence-corrected chi connectivity index (χ3v) is 14.1. The van der Waals surface area contributed by atoms with E-state index in [1.54, 1.807) is 40.7 Å². The van der Waals surface area contributed by atoms with Crippen LogP contribution in [0, 0.1) is 11.8 Å². The summed E-state index contributed by atoms with van der Waals surface area (Å²) in [5.74, 6) is -6.59. The van der Waals surface area contributed by atoms with Gasteiger partial charge in [-0.05, 0) is 96.3 Å². The number of phenolic OH excluding ortho intramolecular Hbond substituents is 1. The maximum absolute atomic E-state index is 13.7. The van der Waals surface area contributed by atoms with Crippen LogP contribution in [0.3, 0.4) is 0 Å². The summed E-state index contributed by atoms with van der Waals surface area (Å²) in [5, 5.41) is 40.9. The Labute approximate surface area is 579 Å². The van der Waals surface area contributed by atoms with Gasteiger partial charge in [0.1, 0.15) is 42.7 Å². The van der Waals surface area contributed by atoms with Crippen LogP contribution in [0.25, 0.3) is 0 Å². The number of alkyl carbamates (subject to hydrolysis) is 1. The first-order chi connectivity index (χ1) is 47.3. The second-order valence-corrected chi connectivity index (χ2v) is 24.2. The normalized spacial score (nSPS) is 13.6. The Kier molecular flexibility index (Phi) is 46.3. The molecule has 562 valence electrons. The molecule has 10 N–H and O–H groups in total. The Hall–Kier alpha value is -7.63. The van der Waals surface area contributed by atoms with Crippen molar-refractivity contribution in [2.45, 2.75) is 143 Å². The van der Waals surface area contributed by atoms with Crippen molar-refractivity contribution < 1.29 is 115 Å². The van der Waals surface area contributed by atoms with Crippen molar-refractivity contribution in [2.24, 2.45) is 11.8 Å². The molecule has 0 aliphatic carbocycles. The topological polar surface area (TPSA) is 429 Å². The minimum atomic E-state index is -1.11. The van der Waals surface area contributed by atoms with Crippen molar-refractivity contribution >= 4 is 71.1 Å². The van der Waals surface area contributed by atoms with Crippen LogP contribution in [0.4, 0.5) is 15.3 Å². The molecule has 0 spiro atoms. The van der Waals surface area contributed by atoms with Gasteiger partial charge in [-0.25, -0.2) is 9.59 Å². The van der Waals surface area contributed by atoms with Crippen molar-refractivity contribution in [1.29, 1.82) is 0 Å². The Morgan fingerprint density at radius 3 is 1.59 bits per heavy atom. The highest BCUT2D eigenvalue weighted by Crippen LogP contribution is 2.26. The van der Waals surface area contributed by atoms with Crippen LogP contribution >= 0.6 is 0 Å². The maximum Gasteiger partial charge on any atom is 0.411 e. The molecule has 10 amide bonds. The highest BCUT2D eigenvalue weighted by atomic mass is 16.6. The lowest BCUT2D eigenvalue weighted by Gasteiger charge is -2.26. The molecular weight excluding hydrogens is 1300 g/mol. The van der Waals surface area contributed by atoms with Gasteiger partial charge >= 0.3 is 18.2 Å². The van der Waals surface area contributed by atoms with E-state index in [1.807, 2.05) is 6.92 Å². The fraction of sp³-hybridized carbons (Fsp3) is 0.712. The van der Waals surface area contributed by atoms with E-state index in [4.69, 9.17) is 52.1 Å². The van der Waals surface area contributed by atoms with E-state index in [2.05, 4.69) is 42.5 Å². The number of carboxylic acids is 1. The van der Waals surface area contributed by atoms with Crippen LogP contribution in [0.1, 0.15) is 112 Å². The predicted octanol–water partition coefficient (Wildman–Crippen LogP) is 1.79. The van der Waals surface area contributed by atoms with Crippen LogP contribution in [-0.2, 0) is 102 Å². The monoisotopic (exact) mass is 1410 g/mol. The molecule has 0 saturated carbocycles. The van der Waals surface area contributed by atoms with Gasteiger partial charge < -0.3 is 99.5 Å². The van der Waals surface area contributed by atoms with E-state index in [-0.39, 0.29) is 121 Å². The number of ether oxygens (including phenoxy) is 11. The second-order valence-electron chi connectivity index (χ2n) is 24.2. The number of hydrogen-bond donors (Lipinski definition) is 10. The molecule has 5 atom stereocenters. The van der Waals surface area contributed by atoms with E-state index < -0.39 is 95.2 Å². The molecule has 1 aliphatic rings. The van der Waals surface area contributed by atoms with Crippen molar-refractivity contribution in [3.63, 3.8) is 0 Å². The molecule has 0 saturated heterocycles. The number of carbonyl (C=O) groups excluding carboxylic acids is 10. The summed E-state index contributed by atoms with van der Waals surface area (Å²) in [6.07, 6.45) is 3.69. The van der Waals surface area contributed by atoms with Gasteiger partial charge in [0.15, 0.2) is 0 Å². The molecule has 0 bridgehead atoms. The molecule has 1 aromatic carbocycles. The van der Waals surface area contributed by atoms with Gasteiger partial charge in [0.2, 0.25) is 35.4 Å². The Morgan fingerprint density at radius 1 is 0.556 bits per heavy atom. The Balaban J connectivity index is 1.48. The highest BCUT2D eigenvalue weighted by molar-refractivity contribution is 6.12. The SMILES string of the molecule is CCCCNC(=O)CNC(=O)[C@H](C)NC(=O)[C@@H](NC(=O)[C@H](CCCCNC(=O)COCCOCCOCCOCCOCCOCCOCCOCCOCCOC(=O)Nc1cc(C[C@@H](C[C@H](C)C(=O)O)NC(=O)OC(C)(C)C)ccc1O)NC(=O)CCCN1C(=O)C=CC1=O)C(C)C. The average Bonchev–Trinajstić information content (AvgIpc) is 1.77. The predicted molar refractivity (Wildman–Crippen MR) is 358 cm³/mol. The average molecular weight is 1410 g/mol. The molecule has 2 rings (SSSR count). The molecule has 0 unspecified atom stereocenters. The summed E-state index contributed by atoms with van der Waals surface area (Å²) in [7, 11) is 0. The van der Waals surface area contributed by atoms with Gasteiger partial charge in [-0.2, -0.15) is 0 Å². The zero-order chi connectivity index (χ0) is 73.2. The molecule has 1 aromatic rings. The zero-order valence-corrected chi connectivity index (χ0v) is 58.8. The number of imide groups is 1. The number of phenols is 1. The lowest BCUT2D eigenvalue weighted by atomic mass is 9.96. The van der Waals surface area contributed by atoms with Gasteiger partial charge in [0, 0.05) is 44.2 Å². The quantitative estimate of drug-likeness (QED) is 0.0252. The second kappa shape index (κ2) is 52.4. The molecular formula is C66H109N9O24. The van der Waals surface area contributed by atoms with Crippen LogP contribution in [0.2, 0.25) is 0 Å². The minimum Gasteiger partial charge on any atom is -0.506 e. The highest BCUT2D eigenvalue weighted by Gasteiger charge is 2.31. The third-order valence-electron chi connectivity index (χ3n) is 14.1. The number of aliphatic carboxylic acids is 1. The summed E-state index contributed by atoms with van der Waals surface area (Å²) in [6.45, 7) is 19.0. The standard InChI is InChI=1S/C66H109N9O24/c1-9-10-20-67-55(78)44-69-60(82)48(5)70-62(84)59(46(2)3)74-61(83)51(72-54(77)15-13-22-75-57(80)18-19-58(75)81)14-11-12-21-68-56(79)45-97-38-37-95-34-33-93-30-29-91-26-25-89-23-24-90-27-28-92-31-32-94-35-36-96-39-40-98-64(87)73-52-43-49(16-17-53(52)76)42-50(41-47(4)63(85)86)71-65(88)99-66(6,7)8/h16-19,43,46-48,50-51,59,76H,9-15,20-42,44-45H2,1-8H3,(H,67,78)(H,68,79)(H,69,82)(H,70,84)(H,71,88)(H,72,77)(H,73,87)(H,74,83)(H,85,86)/t47-,48-,50+,51-,59-/m0/s1. The van der Waals surface area contributed by atoms with E-state index in [0.29, 0.717) is 104 Å². The van der Waals surface area contributed by atoms with Gasteiger partial charge in [-0.3, -0.25) is 53.4 Å².